The molecule has 2 aliphatic rings. The molecular formula is C23H33FIN7. The third-order valence-corrected chi connectivity index (χ3v) is 6.27. The number of rotatable bonds is 8. The Morgan fingerprint density at radius 3 is 2.44 bits per heavy atom. The van der Waals surface area contributed by atoms with Crippen LogP contribution in [0.15, 0.2) is 47.7 Å². The van der Waals surface area contributed by atoms with Gasteiger partial charge in [0, 0.05) is 64.1 Å². The maximum Gasteiger partial charge on any atom is 0.225 e. The Labute approximate surface area is 206 Å². The largest absolute Gasteiger partial charge is 0.356 e. The van der Waals surface area contributed by atoms with Crippen molar-refractivity contribution in [2.45, 2.75) is 24.7 Å². The predicted molar refractivity (Wildman–Crippen MR) is 137 cm³/mol. The van der Waals surface area contributed by atoms with Crippen LogP contribution in [0.5, 0.6) is 0 Å². The molecule has 9 heteroatoms. The minimum atomic E-state index is -0.108. The second-order valence-corrected chi connectivity index (χ2v) is 8.34. The van der Waals surface area contributed by atoms with E-state index in [4.69, 9.17) is 0 Å². The Hall–Kier alpha value is -2.01. The molecule has 174 valence electrons. The first-order valence-electron chi connectivity index (χ1n) is 11.1. The molecule has 32 heavy (non-hydrogen) atoms. The number of aliphatic imine (C=N–C) groups is 1. The molecule has 1 saturated carbocycles. The summed E-state index contributed by atoms with van der Waals surface area (Å²) in [4.78, 5) is 17.7. The zero-order chi connectivity index (χ0) is 21.5. The van der Waals surface area contributed by atoms with Crippen LogP contribution in [0, 0.1) is 5.82 Å². The monoisotopic (exact) mass is 553 g/mol. The molecule has 0 radical (unpaired) electrons. The molecule has 0 atom stereocenters. The molecule has 2 fully saturated rings. The first kappa shape index (κ1) is 24.6. The van der Waals surface area contributed by atoms with Crippen LogP contribution >= 0.6 is 24.0 Å². The molecule has 1 aromatic carbocycles. The summed E-state index contributed by atoms with van der Waals surface area (Å²) in [6.07, 6.45) is 6.65. The van der Waals surface area contributed by atoms with Crippen LogP contribution in [0.3, 0.4) is 0 Å². The summed E-state index contributed by atoms with van der Waals surface area (Å²) in [5.41, 5.74) is 0.725. The molecule has 1 saturated heterocycles. The maximum absolute atomic E-state index is 14.2. The van der Waals surface area contributed by atoms with Gasteiger partial charge in [0.25, 0.3) is 0 Å². The number of piperazine rings is 1. The summed E-state index contributed by atoms with van der Waals surface area (Å²) >= 11 is 0. The van der Waals surface area contributed by atoms with E-state index in [1.54, 1.807) is 31.6 Å². The van der Waals surface area contributed by atoms with E-state index in [0.717, 1.165) is 76.0 Å². The Kier molecular flexibility index (Phi) is 9.03. The number of nitrogens with zero attached hydrogens (tertiary/aromatic N) is 5. The molecule has 1 aliphatic carbocycles. The van der Waals surface area contributed by atoms with Crippen molar-refractivity contribution in [3.63, 3.8) is 0 Å². The van der Waals surface area contributed by atoms with E-state index < -0.39 is 0 Å². The number of aromatic nitrogens is 2. The highest BCUT2D eigenvalue weighted by Gasteiger charge is 2.45. The topological polar surface area (TPSA) is 68.7 Å². The van der Waals surface area contributed by atoms with Crippen molar-refractivity contribution < 1.29 is 4.39 Å². The van der Waals surface area contributed by atoms with Crippen LogP contribution in [0.1, 0.15) is 24.8 Å². The Balaban J connectivity index is 0.00000289. The highest BCUT2D eigenvalue weighted by Crippen LogP contribution is 2.48. The third-order valence-electron chi connectivity index (χ3n) is 6.27. The molecule has 0 unspecified atom stereocenters. The molecule has 0 bridgehead atoms. The lowest BCUT2D eigenvalue weighted by Crippen LogP contribution is -2.48. The first-order valence-corrected chi connectivity index (χ1v) is 11.1. The Bertz CT molecular complexity index is 868. The van der Waals surface area contributed by atoms with Gasteiger partial charge in [-0.25, -0.2) is 14.4 Å². The number of hydrogen-bond acceptors (Lipinski definition) is 5. The molecule has 7 nitrogen and oxygen atoms in total. The van der Waals surface area contributed by atoms with Gasteiger partial charge in [0.2, 0.25) is 5.95 Å². The number of nitrogens with one attached hydrogen (secondary N) is 2. The zero-order valence-corrected chi connectivity index (χ0v) is 21.0. The zero-order valence-electron chi connectivity index (χ0n) is 18.6. The lowest BCUT2D eigenvalue weighted by atomic mass is 9.95. The van der Waals surface area contributed by atoms with E-state index in [0.29, 0.717) is 6.54 Å². The standard InChI is InChI=1S/C23H32FN7.HI/c1-25-21(29-18-23(8-9-23)19-6-2-3-7-20(19)24)26-12-5-13-30-14-16-31(17-15-30)22-27-10-4-11-28-22;/h2-4,6-7,10-11H,5,8-9,12-18H2,1H3,(H2,25,26,29);1H. The van der Waals surface area contributed by atoms with Crippen molar-refractivity contribution >= 4 is 35.9 Å². The van der Waals surface area contributed by atoms with Gasteiger partial charge in [-0.15, -0.1) is 24.0 Å². The Morgan fingerprint density at radius 2 is 1.78 bits per heavy atom. The third kappa shape index (κ3) is 6.28. The van der Waals surface area contributed by atoms with Crippen LogP contribution in [0.2, 0.25) is 0 Å². The number of guanidine groups is 1. The lowest BCUT2D eigenvalue weighted by molar-refractivity contribution is 0.254. The van der Waals surface area contributed by atoms with E-state index in [-0.39, 0.29) is 35.2 Å². The number of halogens is 2. The van der Waals surface area contributed by atoms with Gasteiger partial charge in [0.05, 0.1) is 0 Å². The van der Waals surface area contributed by atoms with Crippen molar-refractivity contribution in [3.05, 3.63) is 54.1 Å². The van der Waals surface area contributed by atoms with Gasteiger partial charge in [0.1, 0.15) is 5.82 Å². The van der Waals surface area contributed by atoms with Crippen molar-refractivity contribution in [2.24, 2.45) is 4.99 Å². The van der Waals surface area contributed by atoms with Crippen molar-refractivity contribution in [1.82, 2.24) is 25.5 Å². The minimum absolute atomic E-state index is 0. The van der Waals surface area contributed by atoms with Gasteiger partial charge in [-0.05, 0) is 43.5 Å². The predicted octanol–water partition coefficient (Wildman–Crippen LogP) is 2.64. The molecule has 0 amide bonds. The normalized spacial score (nSPS) is 18.1. The van der Waals surface area contributed by atoms with Crippen LogP contribution in [0.4, 0.5) is 10.3 Å². The number of hydrogen-bond donors (Lipinski definition) is 2. The quantitative estimate of drug-likeness (QED) is 0.227. The van der Waals surface area contributed by atoms with Crippen LogP contribution in [-0.2, 0) is 5.41 Å². The van der Waals surface area contributed by atoms with E-state index in [9.17, 15) is 4.39 Å². The average molecular weight is 553 g/mol. The van der Waals surface area contributed by atoms with Crippen molar-refractivity contribution in [1.29, 1.82) is 0 Å². The van der Waals surface area contributed by atoms with Gasteiger partial charge in [-0.2, -0.15) is 0 Å². The first-order chi connectivity index (χ1) is 15.2. The van der Waals surface area contributed by atoms with Crippen LogP contribution in [-0.4, -0.2) is 73.7 Å². The maximum atomic E-state index is 14.2. The minimum Gasteiger partial charge on any atom is -0.356 e. The second-order valence-electron chi connectivity index (χ2n) is 8.34. The van der Waals surface area contributed by atoms with E-state index in [2.05, 4.69) is 35.4 Å². The highest BCUT2D eigenvalue weighted by molar-refractivity contribution is 14.0. The molecule has 4 rings (SSSR count). The van der Waals surface area contributed by atoms with Gasteiger partial charge >= 0.3 is 0 Å². The highest BCUT2D eigenvalue weighted by atomic mass is 127. The molecular weight excluding hydrogens is 520 g/mol. The average Bonchev–Trinajstić information content (AvgIpc) is 3.61. The Morgan fingerprint density at radius 1 is 1.06 bits per heavy atom. The SMILES string of the molecule is CN=C(NCCCN1CCN(c2ncccn2)CC1)NCC1(c2ccccc2F)CC1.I. The second kappa shape index (κ2) is 11.7. The fraction of sp³-hybridized carbons (Fsp3) is 0.522. The molecule has 2 aromatic rings. The molecule has 1 aromatic heterocycles. The summed E-state index contributed by atoms with van der Waals surface area (Å²) in [7, 11) is 1.78. The fourth-order valence-electron chi connectivity index (χ4n) is 4.19. The number of benzene rings is 1. The summed E-state index contributed by atoms with van der Waals surface area (Å²) in [5, 5.41) is 6.80. The molecule has 0 spiro atoms. The smallest absolute Gasteiger partial charge is 0.225 e. The molecule has 2 N–H and O–H groups in total. The van der Waals surface area contributed by atoms with E-state index in [1.807, 2.05) is 18.2 Å². The summed E-state index contributed by atoms with van der Waals surface area (Å²) in [6.45, 7) is 6.57. The van der Waals surface area contributed by atoms with E-state index in [1.165, 1.54) is 0 Å². The lowest BCUT2D eigenvalue weighted by Gasteiger charge is -2.34. The summed E-state index contributed by atoms with van der Waals surface area (Å²) < 4.78 is 14.2. The molecule has 2 heterocycles. The van der Waals surface area contributed by atoms with E-state index >= 15 is 0 Å². The van der Waals surface area contributed by atoms with Gasteiger partial charge in [0.15, 0.2) is 5.96 Å². The fourth-order valence-corrected chi connectivity index (χ4v) is 4.19. The van der Waals surface area contributed by atoms with Crippen molar-refractivity contribution in [2.75, 3.05) is 57.8 Å². The summed E-state index contributed by atoms with van der Waals surface area (Å²) in [5.74, 6) is 1.50. The number of anilines is 1. The summed E-state index contributed by atoms with van der Waals surface area (Å²) in [6, 6.07) is 8.97. The van der Waals surface area contributed by atoms with Crippen molar-refractivity contribution in [3.8, 4) is 0 Å². The van der Waals surface area contributed by atoms with Crippen LogP contribution in [0.25, 0.3) is 0 Å². The van der Waals surface area contributed by atoms with Crippen LogP contribution < -0.4 is 15.5 Å². The van der Waals surface area contributed by atoms with Gasteiger partial charge in [-0.1, -0.05) is 18.2 Å². The molecule has 1 aliphatic heterocycles. The van der Waals surface area contributed by atoms with Gasteiger partial charge < -0.3 is 15.5 Å². The van der Waals surface area contributed by atoms with Gasteiger partial charge in [-0.3, -0.25) is 9.89 Å².